The molecular weight excluding hydrogens is 156 g/mol. The lowest BCUT2D eigenvalue weighted by Gasteiger charge is -2.30. The van der Waals surface area contributed by atoms with Crippen LogP contribution >= 0.6 is 23.5 Å². The summed E-state index contributed by atoms with van der Waals surface area (Å²) in [7, 11) is 0. The van der Waals surface area contributed by atoms with Crippen molar-refractivity contribution in [3.05, 3.63) is 0 Å². The maximum absolute atomic E-state index is 5.73. The van der Waals surface area contributed by atoms with E-state index in [-0.39, 0.29) is 5.62 Å². The topological polar surface area (TPSA) is 24.1 Å². The first kappa shape index (κ1) is 7.66. The van der Waals surface area contributed by atoms with Crippen molar-refractivity contribution in [3.63, 3.8) is 0 Å². The number of nitrogens with one attached hydrogen (secondary N) is 2. The first-order valence-corrected chi connectivity index (χ1v) is 4.33. The van der Waals surface area contributed by atoms with Crippen molar-refractivity contribution < 1.29 is 0 Å². The molecule has 1 saturated heterocycles. The molecule has 1 heterocycles. The lowest BCUT2D eigenvalue weighted by molar-refractivity contribution is 0.490. The van der Waals surface area contributed by atoms with Gasteiger partial charge in [0.15, 0.2) is 0 Å². The number of alkyl halides is 1. The number of halogens is 1. The van der Waals surface area contributed by atoms with Crippen LogP contribution in [0.5, 0.6) is 0 Å². The van der Waals surface area contributed by atoms with E-state index in [0.717, 1.165) is 0 Å². The van der Waals surface area contributed by atoms with Gasteiger partial charge in [-0.05, 0) is 6.92 Å². The SMILES string of the molecule is CC1SNC(Cl)N[C@@H]1C. The number of hydrogen-bond donors (Lipinski definition) is 2. The van der Waals surface area contributed by atoms with Crippen LogP contribution in [-0.2, 0) is 0 Å². The van der Waals surface area contributed by atoms with E-state index in [1.807, 2.05) is 0 Å². The Hall–Kier alpha value is 0.560. The summed E-state index contributed by atoms with van der Waals surface area (Å²) in [4.78, 5) is 0. The van der Waals surface area contributed by atoms with E-state index < -0.39 is 0 Å². The monoisotopic (exact) mass is 166 g/mol. The first-order valence-electron chi connectivity index (χ1n) is 3.01. The molecule has 4 heteroatoms. The Kier molecular flexibility index (Phi) is 2.64. The Labute approximate surface area is 64.9 Å². The summed E-state index contributed by atoms with van der Waals surface area (Å²) in [6, 6.07) is 0.499. The molecule has 2 unspecified atom stereocenters. The van der Waals surface area contributed by atoms with Crippen LogP contribution in [0.4, 0.5) is 0 Å². The van der Waals surface area contributed by atoms with Crippen LogP contribution in [0, 0.1) is 0 Å². The molecule has 9 heavy (non-hydrogen) atoms. The second-order valence-corrected chi connectivity index (χ2v) is 3.91. The molecular formula is C5H11ClN2S. The summed E-state index contributed by atoms with van der Waals surface area (Å²) in [6.45, 7) is 4.30. The van der Waals surface area contributed by atoms with Crippen molar-refractivity contribution in [1.29, 1.82) is 0 Å². The summed E-state index contributed by atoms with van der Waals surface area (Å²) >= 11 is 7.42. The van der Waals surface area contributed by atoms with Crippen LogP contribution < -0.4 is 10.0 Å². The average Bonchev–Trinajstić information content (AvgIpc) is 1.80. The van der Waals surface area contributed by atoms with Crippen molar-refractivity contribution in [2.24, 2.45) is 0 Å². The van der Waals surface area contributed by atoms with E-state index in [1.165, 1.54) is 0 Å². The zero-order valence-electron chi connectivity index (χ0n) is 5.52. The largest absolute Gasteiger partial charge is 0.285 e. The molecule has 0 radical (unpaired) electrons. The minimum absolute atomic E-state index is 0.0683. The van der Waals surface area contributed by atoms with Crippen LogP contribution in [0.3, 0.4) is 0 Å². The van der Waals surface area contributed by atoms with Gasteiger partial charge in [0.1, 0.15) is 5.62 Å². The van der Waals surface area contributed by atoms with Crippen LogP contribution in [0.1, 0.15) is 13.8 Å². The number of rotatable bonds is 0. The van der Waals surface area contributed by atoms with Crippen molar-refractivity contribution in [3.8, 4) is 0 Å². The fourth-order valence-corrected chi connectivity index (χ4v) is 1.71. The van der Waals surface area contributed by atoms with Gasteiger partial charge in [-0.2, -0.15) is 0 Å². The smallest absolute Gasteiger partial charge is 0.144 e. The molecule has 54 valence electrons. The van der Waals surface area contributed by atoms with Crippen LogP contribution in [-0.4, -0.2) is 16.9 Å². The molecule has 0 spiro atoms. The third-order valence-electron chi connectivity index (χ3n) is 1.47. The molecule has 0 saturated carbocycles. The van der Waals surface area contributed by atoms with E-state index in [1.54, 1.807) is 11.9 Å². The van der Waals surface area contributed by atoms with Crippen molar-refractivity contribution in [2.75, 3.05) is 0 Å². The summed E-state index contributed by atoms with van der Waals surface area (Å²) in [5.74, 6) is 0. The minimum atomic E-state index is -0.0683. The van der Waals surface area contributed by atoms with Crippen molar-refractivity contribution >= 4 is 23.5 Å². The van der Waals surface area contributed by atoms with Crippen molar-refractivity contribution in [2.45, 2.75) is 30.8 Å². The molecule has 2 nitrogen and oxygen atoms in total. The molecule has 0 amide bonds. The van der Waals surface area contributed by atoms with Gasteiger partial charge in [0.25, 0.3) is 0 Å². The van der Waals surface area contributed by atoms with Gasteiger partial charge in [0.2, 0.25) is 0 Å². The normalized spacial score (nSPS) is 45.0. The third-order valence-corrected chi connectivity index (χ3v) is 2.99. The van der Waals surface area contributed by atoms with Gasteiger partial charge < -0.3 is 0 Å². The maximum Gasteiger partial charge on any atom is 0.144 e. The summed E-state index contributed by atoms with van der Waals surface area (Å²) in [5.41, 5.74) is -0.0683. The molecule has 0 aromatic carbocycles. The highest BCUT2D eigenvalue weighted by atomic mass is 35.5. The molecule has 2 N–H and O–H groups in total. The standard InChI is InChI=1S/C5H11ClN2S/c1-3-4(2)9-8-5(6)7-3/h3-5,7-8H,1-2H3/t3-,4?,5?/m1/s1. The molecule has 1 aliphatic heterocycles. The lowest BCUT2D eigenvalue weighted by Crippen LogP contribution is -2.50. The molecule has 0 aromatic rings. The fraction of sp³-hybridized carbons (Fsp3) is 1.00. The highest BCUT2D eigenvalue weighted by Crippen LogP contribution is 2.16. The van der Waals surface area contributed by atoms with E-state index in [9.17, 15) is 0 Å². The van der Waals surface area contributed by atoms with Gasteiger partial charge >= 0.3 is 0 Å². The van der Waals surface area contributed by atoms with Gasteiger partial charge in [-0.25, -0.2) is 4.72 Å². The fourth-order valence-electron chi connectivity index (χ4n) is 0.669. The minimum Gasteiger partial charge on any atom is -0.285 e. The Morgan fingerprint density at radius 2 is 2.11 bits per heavy atom. The van der Waals surface area contributed by atoms with Crippen LogP contribution in [0.25, 0.3) is 0 Å². The van der Waals surface area contributed by atoms with Gasteiger partial charge in [0, 0.05) is 11.3 Å². The second kappa shape index (κ2) is 3.10. The Balaban J connectivity index is 2.35. The predicted octanol–water partition coefficient (Wildman–Crippen LogP) is 1.13. The van der Waals surface area contributed by atoms with Gasteiger partial charge in [-0.1, -0.05) is 30.5 Å². The van der Waals surface area contributed by atoms with Gasteiger partial charge in [-0.15, -0.1) is 0 Å². The molecule has 3 atom stereocenters. The summed E-state index contributed by atoms with van der Waals surface area (Å²) in [6.07, 6.45) is 0. The van der Waals surface area contributed by atoms with Crippen LogP contribution in [0.15, 0.2) is 0 Å². The maximum atomic E-state index is 5.73. The first-order chi connectivity index (χ1) is 4.20. The predicted molar refractivity (Wildman–Crippen MR) is 42.4 cm³/mol. The zero-order valence-corrected chi connectivity index (χ0v) is 7.09. The third kappa shape index (κ3) is 2.00. The second-order valence-electron chi connectivity index (χ2n) is 2.26. The quantitative estimate of drug-likeness (QED) is 0.321. The van der Waals surface area contributed by atoms with E-state index in [0.29, 0.717) is 11.3 Å². The molecule has 1 fully saturated rings. The van der Waals surface area contributed by atoms with E-state index >= 15 is 0 Å². The van der Waals surface area contributed by atoms with E-state index in [2.05, 4.69) is 23.9 Å². The Bertz CT molecular complexity index is 101. The van der Waals surface area contributed by atoms with Crippen molar-refractivity contribution in [1.82, 2.24) is 10.0 Å². The molecule has 0 bridgehead atoms. The van der Waals surface area contributed by atoms with Crippen LogP contribution in [0.2, 0.25) is 0 Å². The molecule has 0 aliphatic carbocycles. The highest BCUT2D eigenvalue weighted by molar-refractivity contribution is 7.98. The lowest BCUT2D eigenvalue weighted by atomic mass is 10.2. The summed E-state index contributed by atoms with van der Waals surface area (Å²) in [5, 5.41) is 3.76. The van der Waals surface area contributed by atoms with Gasteiger partial charge in [0.05, 0.1) is 0 Å². The van der Waals surface area contributed by atoms with Gasteiger partial charge in [-0.3, -0.25) is 5.32 Å². The average molecular weight is 167 g/mol. The molecule has 1 aliphatic rings. The highest BCUT2D eigenvalue weighted by Gasteiger charge is 2.21. The Morgan fingerprint density at radius 1 is 1.44 bits per heavy atom. The molecule has 1 rings (SSSR count). The number of hydrogen-bond acceptors (Lipinski definition) is 3. The summed E-state index contributed by atoms with van der Waals surface area (Å²) < 4.78 is 3.03. The molecule has 0 aromatic heterocycles. The zero-order chi connectivity index (χ0) is 6.85. The van der Waals surface area contributed by atoms with E-state index in [4.69, 9.17) is 11.6 Å². The Morgan fingerprint density at radius 3 is 2.56 bits per heavy atom.